The minimum Gasteiger partial charge on any atom is -0.453 e. The molecule has 0 saturated carbocycles. The van der Waals surface area contributed by atoms with E-state index in [-0.39, 0.29) is 11.5 Å². The molecule has 3 aromatic rings. The van der Waals surface area contributed by atoms with Crippen LogP contribution in [0.3, 0.4) is 0 Å². The molecule has 0 aliphatic heterocycles. The Morgan fingerprint density at radius 3 is 2.50 bits per heavy atom. The largest absolute Gasteiger partial charge is 0.453 e. The Kier molecular flexibility index (Phi) is 9.04. The Balaban J connectivity index is 2.02. The molecule has 10 nitrogen and oxygen atoms in total. The standard InChI is InChI=1S/C26H35ClN6O4S/c1-15(2)38(35,36)33-19-13-17(12-18(27)14-19)22-23(32-24(31-22)26(4,5)6)20-10-11-28-21(30-20)9-8-16(3)29-25(34)37-7/h10-16,33H,8-9H2,1-7H3,(H,29,34)(H,31,32)/t16-/m0/s1. The van der Waals surface area contributed by atoms with Crippen molar-refractivity contribution in [1.82, 2.24) is 25.3 Å². The zero-order chi connectivity index (χ0) is 28.3. The van der Waals surface area contributed by atoms with Crippen LogP contribution in [0.25, 0.3) is 22.6 Å². The van der Waals surface area contributed by atoms with Crippen LogP contribution in [0, 0.1) is 0 Å². The van der Waals surface area contributed by atoms with Crippen LogP contribution in [0.15, 0.2) is 30.5 Å². The molecule has 1 amide bonds. The van der Waals surface area contributed by atoms with Gasteiger partial charge in [0.15, 0.2) is 0 Å². The Morgan fingerprint density at radius 2 is 1.87 bits per heavy atom. The van der Waals surface area contributed by atoms with E-state index in [9.17, 15) is 13.2 Å². The molecule has 0 aliphatic carbocycles. The number of rotatable bonds is 9. The molecule has 0 spiro atoms. The smallest absolute Gasteiger partial charge is 0.407 e. The number of H-pyrrole nitrogens is 1. The number of alkyl carbamates (subject to hydrolysis) is 1. The number of anilines is 1. The van der Waals surface area contributed by atoms with Crippen LogP contribution >= 0.6 is 11.6 Å². The molecule has 0 fully saturated rings. The fraction of sp³-hybridized carbons (Fsp3) is 0.462. The number of aromatic amines is 1. The van der Waals surface area contributed by atoms with Crippen molar-refractivity contribution in [1.29, 1.82) is 0 Å². The summed E-state index contributed by atoms with van der Waals surface area (Å²) in [6.07, 6.45) is 2.35. The number of halogens is 1. The van der Waals surface area contributed by atoms with Gasteiger partial charge in [-0.2, -0.15) is 0 Å². The van der Waals surface area contributed by atoms with E-state index in [0.717, 1.165) is 5.82 Å². The van der Waals surface area contributed by atoms with E-state index >= 15 is 0 Å². The lowest BCUT2D eigenvalue weighted by atomic mass is 9.96. The van der Waals surface area contributed by atoms with Crippen molar-refractivity contribution in [2.75, 3.05) is 11.8 Å². The summed E-state index contributed by atoms with van der Waals surface area (Å²) >= 11 is 6.41. The predicted octanol–water partition coefficient (Wildman–Crippen LogP) is 5.31. The Hall–Kier alpha value is -3.18. The molecule has 3 N–H and O–H groups in total. The molecule has 0 bridgehead atoms. The number of hydrogen-bond donors (Lipinski definition) is 3. The lowest BCUT2D eigenvalue weighted by Gasteiger charge is -2.14. The summed E-state index contributed by atoms with van der Waals surface area (Å²) in [6.45, 7) is 11.2. The zero-order valence-electron chi connectivity index (χ0n) is 22.7. The van der Waals surface area contributed by atoms with Crippen LogP contribution in [0.1, 0.15) is 59.6 Å². The van der Waals surface area contributed by atoms with Crippen molar-refractivity contribution < 1.29 is 17.9 Å². The summed E-state index contributed by atoms with van der Waals surface area (Å²) in [6, 6.07) is 6.68. The number of imidazole rings is 1. The van der Waals surface area contributed by atoms with Crippen molar-refractivity contribution in [3.8, 4) is 22.6 Å². The van der Waals surface area contributed by atoms with Gasteiger partial charge in [0.2, 0.25) is 10.0 Å². The number of amides is 1. The summed E-state index contributed by atoms with van der Waals surface area (Å²) in [5.74, 6) is 1.35. The fourth-order valence-electron chi connectivity index (χ4n) is 3.53. The minimum absolute atomic E-state index is 0.121. The first-order valence-corrected chi connectivity index (χ1v) is 14.2. The van der Waals surface area contributed by atoms with E-state index < -0.39 is 21.4 Å². The molecular weight excluding hydrogens is 528 g/mol. The highest BCUT2D eigenvalue weighted by molar-refractivity contribution is 7.93. The first-order chi connectivity index (χ1) is 17.7. The number of ether oxygens (including phenoxy) is 1. The topological polar surface area (TPSA) is 139 Å². The van der Waals surface area contributed by atoms with Gasteiger partial charge in [-0.15, -0.1) is 0 Å². The van der Waals surface area contributed by atoms with Crippen molar-refractivity contribution in [3.63, 3.8) is 0 Å². The highest BCUT2D eigenvalue weighted by Gasteiger charge is 2.24. The average Bonchev–Trinajstić information content (AvgIpc) is 3.28. The van der Waals surface area contributed by atoms with E-state index in [2.05, 4.69) is 24.7 Å². The Morgan fingerprint density at radius 1 is 1.16 bits per heavy atom. The third-order valence-corrected chi connectivity index (χ3v) is 7.76. The van der Waals surface area contributed by atoms with Crippen LogP contribution in [0.4, 0.5) is 10.5 Å². The SMILES string of the molecule is COC(=O)N[C@@H](C)CCc1nccc(-c2[nH]c(C(C)(C)C)nc2-c2cc(Cl)cc(NS(=O)(=O)C(C)C)c2)n1. The van der Waals surface area contributed by atoms with Gasteiger partial charge in [0, 0.05) is 34.7 Å². The summed E-state index contributed by atoms with van der Waals surface area (Å²) in [5.41, 5.74) is 2.58. The van der Waals surface area contributed by atoms with Crippen LogP contribution in [0.5, 0.6) is 0 Å². The van der Waals surface area contributed by atoms with E-state index in [0.29, 0.717) is 52.0 Å². The molecule has 38 heavy (non-hydrogen) atoms. The first kappa shape index (κ1) is 29.4. The molecule has 2 aromatic heterocycles. The van der Waals surface area contributed by atoms with Gasteiger partial charge in [0.25, 0.3) is 0 Å². The maximum atomic E-state index is 12.5. The second-order valence-electron chi connectivity index (χ2n) is 10.4. The van der Waals surface area contributed by atoms with Crippen molar-refractivity contribution in [2.24, 2.45) is 0 Å². The number of methoxy groups -OCH3 is 1. The maximum absolute atomic E-state index is 12.5. The van der Waals surface area contributed by atoms with Crippen molar-refractivity contribution in [2.45, 2.75) is 71.1 Å². The highest BCUT2D eigenvalue weighted by Crippen LogP contribution is 2.35. The minimum atomic E-state index is -3.57. The highest BCUT2D eigenvalue weighted by atomic mass is 35.5. The van der Waals surface area contributed by atoms with Gasteiger partial charge >= 0.3 is 6.09 Å². The number of carbonyl (C=O) groups excluding carboxylic acids is 1. The van der Waals surface area contributed by atoms with Crippen molar-refractivity contribution >= 4 is 33.4 Å². The second kappa shape index (κ2) is 11.7. The quantitative estimate of drug-likeness (QED) is 0.321. The van der Waals surface area contributed by atoms with E-state index in [1.54, 1.807) is 44.3 Å². The van der Waals surface area contributed by atoms with Gasteiger partial charge in [-0.25, -0.2) is 28.2 Å². The summed E-state index contributed by atoms with van der Waals surface area (Å²) < 4.78 is 32.2. The molecular formula is C26H35ClN6O4S. The lowest BCUT2D eigenvalue weighted by molar-refractivity contribution is 0.167. The van der Waals surface area contributed by atoms with Gasteiger partial charge in [0.1, 0.15) is 11.6 Å². The number of carbonyl (C=O) groups is 1. The molecule has 0 unspecified atom stereocenters. The molecule has 206 valence electrons. The molecule has 12 heteroatoms. The lowest BCUT2D eigenvalue weighted by Crippen LogP contribution is -2.32. The number of aryl methyl sites for hydroxylation is 1. The molecule has 3 rings (SSSR count). The number of benzene rings is 1. The van der Waals surface area contributed by atoms with E-state index in [1.807, 2.05) is 27.7 Å². The number of sulfonamides is 1. The first-order valence-electron chi connectivity index (χ1n) is 12.3. The zero-order valence-corrected chi connectivity index (χ0v) is 24.3. The van der Waals surface area contributed by atoms with Gasteiger partial charge in [-0.3, -0.25) is 4.72 Å². The summed E-state index contributed by atoms with van der Waals surface area (Å²) in [7, 11) is -2.24. The van der Waals surface area contributed by atoms with Gasteiger partial charge in [-0.05, 0) is 51.5 Å². The van der Waals surface area contributed by atoms with Gasteiger partial charge in [-0.1, -0.05) is 32.4 Å². The maximum Gasteiger partial charge on any atom is 0.407 e. The number of nitrogens with zero attached hydrogens (tertiary/aromatic N) is 3. The van der Waals surface area contributed by atoms with Crippen LogP contribution < -0.4 is 10.0 Å². The summed E-state index contributed by atoms with van der Waals surface area (Å²) in [5, 5.41) is 2.49. The fourth-order valence-corrected chi connectivity index (χ4v) is 4.44. The number of aromatic nitrogens is 4. The molecule has 0 radical (unpaired) electrons. The third kappa shape index (κ3) is 7.44. The van der Waals surface area contributed by atoms with E-state index in [4.69, 9.17) is 21.6 Å². The Labute approximate surface area is 229 Å². The molecule has 0 saturated heterocycles. The predicted molar refractivity (Wildman–Crippen MR) is 150 cm³/mol. The third-order valence-electron chi connectivity index (χ3n) is 5.78. The number of nitrogens with one attached hydrogen (secondary N) is 3. The monoisotopic (exact) mass is 562 g/mol. The molecule has 2 heterocycles. The molecule has 1 aromatic carbocycles. The van der Waals surface area contributed by atoms with Gasteiger partial charge in [0.05, 0.1) is 35.1 Å². The van der Waals surface area contributed by atoms with Crippen LogP contribution in [-0.4, -0.2) is 52.8 Å². The van der Waals surface area contributed by atoms with Gasteiger partial charge < -0.3 is 15.0 Å². The van der Waals surface area contributed by atoms with Crippen molar-refractivity contribution in [3.05, 3.63) is 47.1 Å². The normalized spacial score (nSPS) is 12.9. The summed E-state index contributed by atoms with van der Waals surface area (Å²) in [4.78, 5) is 28.9. The molecule has 0 aliphatic rings. The van der Waals surface area contributed by atoms with Crippen LogP contribution in [-0.2, 0) is 26.6 Å². The van der Waals surface area contributed by atoms with Crippen LogP contribution in [0.2, 0.25) is 5.02 Å². The number of hydrogen-bond acceptors (Lipinski definition) is 7. The second-order valence-corrected chi connectivity index (χ2v) is 13.1. The average molecular weight is 563 g/mol. The molecule has 1 atom stereocenters. The Bertz CT molecular complexity index is 1400. The van der Waals surface area contributed by atoms with E-state index in [1.165, 1.54) is 7.11 Å².